The smallest absolute Gasteiger partial charge is 0.224 e. The molecule has 3 N–H and O–H groups in total. The van der Waals surface area contributed by atoms with Crippen LogP contribution in [0.3, 0.4) is 0 Å². The van der Waals surface area contributed by atoms with Crippen molar-refractivity contribution in [3.63, 3.8) is 0 Å². The van der Waals surface area contributed by atoms with Crippen LogP contribution >= 0.6 is 24.8 Å². The molecule has 0 aromatic heterocycles. The third kappa shape index (κ3) is 6.12. The second kappa shape index (κ2) is 11.0. The number of nitrogens with zero attached hydrogens (tertiary/aromatic N) is 1. The maximum absolute atomic E-state index is 12.5. The van der Waals surface area contributed by atoms with Gasteiger partial charge in [-0.1, -0.05) is 37.3 Å². The van der Waals surface area contributed by atoms with Crippen LogP contribution in [-0.2, 0) is 9.53 Å². The van der Waals surface area contributed by atoms with Gasteiger partial charge in [-0.15, -0.1) is 24.8 Å². The number of ether oxygens (including phenoxy) is 1. The lowest BCUT2D eigenvalue weighted by Crippen LogP contribution is -2.56. The second-order valence-electron chi connectivity index (χ2n) is 6.67. The van der Waals surface area contributed by atoms with E-state index in [4.69, 9.17) is 10.5 Å². The zero-order valence-electron chi connectivity index (χ0n) is 15.2. The van der Waals surface area contributed by atoms with Crippen LogP contribution in [0.25, 0.3) is 0 Å². The van der Waals surface area contributed by atoms with Crippen LogP contribution in [0.1, 0.15) is 31.4 Å². The summed E-state index contributed by atoms with van der Waals surface area (Å²) in [6.45, 7) is 4.01. The minimum absolute atomic E-state index is 0. The summed E-state index contributed by atoms with van der Waals surface area (Å²) in [5.41, 5.74) is 7.22. The molecule has 1 aromatic rings. The van der Waals surface area contributed by atoms with E-state index in [1.54, 1.807) is 0 Å². The number of hydrogen-bond acceptors (Lipinski definition) is 4. The van der Waals surface area contributed by atoms with E-state index in [9.17, 15) is 4.79 Å². The highest BCUT2D eigenvalue weighted by atomic mass is 35.5. The van der Waals surface area contributed by atoms with Crippen molar-refractivity contribution in [1.82, 2.24) is 10.2 Å². The molecule has 144 valence electrons. The summed E-state index contributed by atoms with van der Waals surface area (Å²) in [4.78, 5) is 14.7. The average molecular weight is 392 g/mol. The topological polar surface area (TPSA) is 67.6 Å². The van der Waals surface area contributed by atoms with E-state index in [1.807, 2.05) is 37.3 Å². The Labute approximate surface area is 163 Å². The molecule has 0 aliphatic carbocycles. The highest BCUT2D eigenvalue weighted by Crippen LogP contribution is 2.26. The highest BCUT2D eigenvalue weighted by Gasteiger charge is 2.35. The molecule has 0 spiro atoms. The van der Waals surface area contributed by atoms with Crippen LogP contribution in [-0.4, -0.2) is 50.2 Å². The van der Waals surface area contributed by atoms with Gasteiger partial charge in [0.05, 0.1) is 5.92 Å². The number of amides is 1. The summed E-state index contributed by atoms with van der Waals surface area (Å²) in [6.07, 6.45) is 1.86. The molecular weight excluding hydrogens is 361 g/mol. The van der Waals surface area contributed by atoms with Crippen LogP contribution < -0.4 is 11.1 Å². The van der Waals surface area contributed by atoms with Gasteiger partial charge in [-0.05, 0) is 32.5 Å². The Hall–Kier alpha value is -0.850. The lowest BCUT2D eigenvalue weighted by molar-refractivity contribution is -0.126. The van der Waals surface area contributed by atoms with Crippen molar-refractivity contribution in [3.05, 3.63) is 35.9 Å². The fourth-order valence-electron chi connectivity index (χ4n) is 3.07. The SMILES string of the molecule is CC(C(=O)NCC1(N(C)C)CCOCC1)C(N)c1ccccc1.Cl.Cl. The maximum atomic E-state index is 12.5. The molecule has 1 amide bonds. The highest BCUT2D eigenvalue weighted by molar-refractivity contribution is 5.85. The molecule has 2 atom stereocenters. The van der Waals surface area contributed by atoms with Gasteiger partial charge in [0.15, 0.2) is 0 Å². The molecule has 25 heavy (non-hydrogen) atoms. The van der Waals surface area contributed by atoms with Gasteiger partial charge in [-0.25, -0.2) is 0 Å². The monoisotopic (exact) mass is 391 g/mol. The van der Waals surface area contributed by atoms with Gasteiger partial charge in [-0.2, -0.15) is 0 Å². The first kappa shape index (κ1) is 24.1. The number of carbonyl (C=O) groups excluding carboxylic acids is 1. The average Bonchev–Trinajstić information content (AvgIpc) is 2.59. The number of hydrogen-bond donors (Lipinski definition) is 2. The lowest BCUT2D eigenvalue weighted by Gasteiger charge is -2.43. The Bertz CT molecular complexity index is 508. The van der Waals surface area contributed by atoms with E-state index in [0.717, 1.165) is 31.6 Å². The van der Waals surface area contributed by atoms with Crippen molar-refractivity contribution in [3.8, 4) is 0 Å². The Morgan fingerprint density at radius 1 is 1.24 bits per heavy atom. The van der Waals surface area contributed by atoms with Gasteiger partial charge in [0, 0.05) is 31.3 Å². The van der Waals surface area contributed by atoms with Gasteiger partial charge < -0.3 is 20.7 Å². The number of nitrogens with one attached hydrogen (secondary N) is 1. The van der Waals surface area contributed by atoms with Crippen molar-refractivity contribution in [2.75, 3.05) is 33.9 Å². The fraction of sp³-hybridized carbons (Fsp3) is 0.611. The zero-order chi connectivity index (χ0) is 16.9. The molecule has 0 bridgehead atoms. The van der Waals surface area contributed by atoms with Crippen molar-refractivity contribution in [2.24, 2.45) is 11.7 Å². The normalized spacial score (nSPS) is 18.4. The summed E-state index contributed by atoms with van der Waals surface area (Å²) in [5, 5.41) is 3.11. The number of carbonyl (C=O) groups is 1. The first-order chi connectivity index (χ1) is 11.0. The molecule has 1 aliphatic rings. The van der Waals surface area contributed by atoms with Gasteiger partial charge >= 0.3 is 0 Å². The number of halogens is 2. The fourth-order valence-corrected chi connectivity index (χ4v) is 3.07. The lowest BCUT2D eigenvalue weighted by atomic mass is 9.88. The third-order valence-electron chi connectivity index (χ3n) is 5.10. The molecule has 0 radical (unpaired) electrons. The van der Waals surface area contributed by atoms with Crippen LogP contribution in [0.15, 0.2) is 30.3 Å². The number of nitrogens with two attached hydrogens (primary N) is 1. The van der Waals surface area contributed by atoms with E-state index in [2.05, 4.69) is 24.3 Å². The maximum Gasteiger partial charge on any atom is 0.224 e. The predicted molar refractivity (Wildman–Crippen MR) is 107 cm³/mol. The standard InChI is InChI=1S/C18H29N3O2.2ClH/c1-14(16(19)15-7-5-4-6-8-15)17(22)20-13-18(21(2)3)9-11-23-12-10-18;;/h4-8,14,16H,9-13,19H2,1-3H3,(H,20,22);2*1H. The minimum atomic E-state index is -0.291. The molecule has 7 heteroatoms. The van der Waals surface area contributed by atoms with E-state index >= 15 is 0 Å². The molecule has 5 nitrogen and oxygen atoms in total. The summed E-state index contributed by atoms with van der Waals surface area (Å²) in [7, 11) is 4.13. The molecule has 1 saturated heterocycles. The van der Waals surface area contributed by atoms with E-state index in [0.29, 0.717) is 6.54 Å². The molecule has 1 fully saturated rings. The first-order valence-electron chi connectivity index (χ1n) is 8.30. The Morgan fingerprint density at radius 3 is 2.32 bits per heavy atom. The van der Waals surface area contributed by atoms with E-state index in [1.165, 1.54) is 0 Å². The number of likely N-dealkylation sites (N-methyl/N-ethyl adjacent to an activating group) is 1. The van der Waals surface area contributed by atoms with E-state index in [-0.39, 0.29) is 48.2 Å². The quantitative estimate of drug-likeness (QED) is 0.780. The van der Waals surface area contributed by atoms with Gasteiger partial charge in [0.25, 0.3) is 0 Å². The van der Waals surface area contributed by atoms with Crippen molar-refractivity contribution in [1.29, 1.82) is 0 Å². The minimum Gasteiger partial charge on any atom is -0.381 e. The molecule has 1 heterocycles. The van der Waals surface area contributed by atoms with Gasteiger partial charge in [0.1, 0.15) is 0 Å². The Morgan fingerprint density at radius 2 is 1.80 bits per heavy atom. The van der Waals surface area contributed by atoms with Gasteiger partial charge in [0.2, 0.25) is 5.91 Å². The van der Waals surface area contributed by atoms with Crippen molar-refractivity contribution < 1.29 is 9.53 Å². The second-order valence-corrected chi connectivity index (χ2v) is 6.67. The molecule has 2 unspecified atom stereocenters. The summed E-state index contributed by atoms with van der Waals surface area (Å²) >= 11 is 0. The van der Waals surface area contributed by atoms with Crippen LogP contribution in [0.4, 0.5) is 0 Å². The Kier molecular flexibility index (Phi) is 10.6. The van der Waals surface area contributed by atoms with Crippen LogP contribution in [0, 0.1) is 5.92 Å². The zero-order valence-corrected chi connectivity index (χ0v) is 16.9. The third-order valence-corrected chi connectivity index (χ3v) is 5.10. The molecular formula is C18H31Cl2N3O2. The first-order valence-corrected chi connectivity index (χ1v) is 8.30. The van der Waals surface area contributed by atoms with Crippen LogP contribution in [0.2, 0.25) is 0 Å². The number of rotatable bonds is 6. The van der Waals surface area contributed by atoms with Gasteiger partial charge in [-0.3, -0.25) is 4.79 Å². The number of benzene rings is 1. The summed E-state index contributed by atoms with van der Waals surface area (Å²) < 4.78 is 5.47. The molecule has 1 aliphatic heterocycles. The largest absolute Gasteiger partial charge is 0.381 e. The summed E-state index contributed by atoms with van der Waals surface area (Å²) in [6, 6.07) is 9.49. The summed E-state index contributed by atoms with van der Waals surface area (Å²) in [5.74, 6) is -0.259. The Balaban J connectivity index is 0.00000288. The molecule has 2 rings (SSSR count). The molecule has 1 aromatic carbocycles. The molecule has 0 saturated carbocycles. The van der Waals surface area contributed by atoms with Crippen LogP contribution in [0.5, 0.6) is 0 Å². The van der Waals surface area contributed by atoms with Crippen molar-refractivity contribution in [2.45, 2.75) is 31.3 Å². The van der Waals surface area contributed by atoms with Crippen molar-refractivity contribution >= 4 is 30.7 Å². The van der Waals surface area contributed by atoms with E-state index < -0.39 is 0 Å². The predicted octanol–water partition coefficient (Wildman–Crippen LogP) is 2.39.